The van der Waals surface area contributed by atoms with Gasteiger partial charge in [0.05, 0.1) is 21.1 Å². The van der Waals surface area contributed by atoms with E-state index in [1.54, 1.807) is 22.7 Å². The van der Waals surface area contributed by atoms with Gasteiger partial charge in [-0.25, -0.2) is 9.97 Å². The summed E-state index contributed by atoms with van der Waals surface area (Å²) in [7, 11) is 0. The molecule has 0 aliphatic rings. The van der Waals surface area contributed by atoms with E-state index in [4.69, 9.17) is 0 Å². The SMILES string of the molecule is CC(=O)Nc1nc(-c2cccs2)cc(-c2cccs2)n1. The Hall–Kier alpha value is -2.05. The molecule has 1 N–H and O–H groups in total. The maximum absolute atomic E-state index is 11.2. The van der Waals surface area contributed by atoms with Crippen LogP contribution in [0.3, 0.4) is 0 Å². The van der Waals surface area contributed by atoms with Crippen LogP contribution < -0.4 is 5.32 Å². The molecule has 6 heteroatoms. The van der Waals surface area contributed by atoms with Crippen molar-refractivity contribution in [3.63, 3.8) is 0 Å². The van der Waals surface area contributed by atoms with E-state index in [2.05, 4.69) is 15.3 Å². The Labute approximate surface area is 124 Å². The van der Waals surface area contributed by atoms with E-state index in [-0.39, 0.29) is 5.91 Å². The zero-order chi connectivity index (χ0) is 13.9. The first-order valence-electron chi connectivity index (χ1n) is 5.97. The van der Waals surface area contributed by atoms with Gasteiger partial charge in [-0.15, -0.1) is 22.7 Å². The van der Waals surface area contributed by atoms with Gasteiger partial charge in [-0.2, -0.15) is 0 Å². The third-order valence-electron chi connectivity index (χ3n) is 2.56. The number of thiophene rings is 2. The number of amides is 1. The summed E-state index contributed by atoms with van der Waals surface area (Å²) in [6, 6.07) is 9.91. The molecule has 3 rings (SSSR count). The van der Waals surface area contributed by atoms with Crippen LogP contribution in [-0.2, 0) is 4.79 Å². The van der Waals surface area contributed by atoms with Gasteiger partial charge in [0.15, 0.2) is 0 Å². The fraction of sp³-hybridized carbons (Fsp3) is 0.0714. The van der Waals surface area contributed by atoms with Gasteiger partial charge >= 0.3 is 0 Å². The summed E-state index contributed by atoms with van der Waals surface area (Å²) in [6.07, 6.45) is 0. The summed E-state index contributed by atoms with van der Waals surface area (Å²) >= 11 is 3.22. The normalized spacial score (nSPS) is 10.4. The van der Waals surface area contributed by atoms with E-state index in [1.165, 1.54) is 6.92 Å². The molecule has 0 aliphatic carbocycles. The van der Waals surface area contributed by atoms with Gasteiger partial charge in [0.1, 0.15) is 0 Å². The van der Waals surface area contributed by atoms with Crippen molar-refractivity contribution in [1.29, 1.82) is 0 Å². The Morgan fingerprint density at radius 3 is 2.00 bits per heavy atom. The van der Waals surface area contributed by atoms with E-state index >= 15 is 0 Å². The lowest BCUT2D eigenvalue weighted by molar-refractivity contribution is -0.114. The largest absolute Gasteiger partial charge is 0.295 e. The Morgan fingerprint density at radius 2 is 1.60 bits per heavy atom. The van der Waals surface area contributed by atoms with Crippen LogP contribution in [0.1, 0.15) is 6.92 Å². The minimum absolute atomic E-state index is 0.176. The third-order valence-corrected chi connectivity index (χ3v) is 4.35. The molecule has 0 saturated heterocycles. The second-order valence-corrected chi connectivity index (χ2v) is 5.99. The predicted octanol–water partition coefficient (Wildman–Crippen LogP) is 3.89. The molecular formula is C14H11N3OS2. The molecule has 1 amide bonds. The van der Waals surface area contributed by atoms with Crippen molar-refractivity contribution in [3.05, 3.63) is 41.1 Å². The Morgan fingerprint density at radius 1 is 1.05 bits per heavy atom. The van der Waals surface area contributed by atoms with Gasteiger partial charge in [-0.3, -0.25) is 10.1 Å². The van der Waals surface area contributed by atoms with E-state index in [9.17, 15) is 4.79 Å². The lowest BCUT2D eigenvalue weighted by Crippen LogP contribution is -2.10. The molecule has 0 saturated carbocycles. The topological polar surface area (TPSA) is 54.9 Å². The molecule has 0 atom stereocenters. The number of nitrogens with one attached hydrogen (secondary N) is 1. The molecule has 3 aromatic rings. The van der Waals surface area contributed by atoms with Gasteiger partial charge < -0.3 is 0 Å². The van der Waals surface area contributed by atoms with Gasteiger partial charge in [0, 0.05) is 6.92 Å². The molecule has 0 fully saturated rings. The first-order valence-corrected chi connectivity index (χ1v) is 7.73. The van der Waals surface area contributed by atoms with E-state index in [0.29, 0.717) is 5.95 Å². The average molecular weight is 301 g/mol. The number of carbonyl (C=O) groups excluding carboxylic acids is 1. The molecule has 0 unspecified atom stereocenters. The minimum atomic E-state index is -0.176. The van der Waals surface area contributed by atoms with Crippen LogP contribution in [0, 0.1) is 0 Å². The number of anilines is 1. The highest BCUT2D eigenvalue weighted by molar-refractivity contribution is 7.14. The molecule has 0 aliphatic heterocycles. The summed E-state index contributed by atoms with van der Waals surface area (Å²) < 4.78 is 0. The first kappa shape index (κ1) is 13.0. The van der Waals surface area contributed by atoms with Crippen LogP contribution in [-0.4, -0.2) is 15.9 Å². The Kier molecular flexibility index (Phi) is 3.58. The number of carbonyl (C=O) groups is 1. The summed E-state index contributed by atoms with van der Waals surface area (Å²) in [5.74, 6) is 0.164. The lowest BCUT2D eigenvalue weighted by atomic mass is 10.2. The van der Waals surface area contributed by atoms with E-state index in [1.807, 2.05) is 41.1 Å². The smallest absolute Gasteiger partial charge is 0.230 e. The standard InChI is InChI=1S/C14H11N3OS2/c1-9(18)15-14-16-10(12-4-2-6-19-12)8-11(17-14)13-5-3-7-20-13/h2-8H,1H3,(H,15,16,17,18). The highest BCUT2D eigenvalue weighted by atomic mass is 32.1. The maximum atomic E-state index is 11.2. The summed E-state index contributed by atoms with van der Waals surface area (Å²) in [5, 5.41) is 6.66. The second-order valence-electron chi connectivity index (χ2n) is 4.10. The van der Waals surface area contributed by atoms with Crippen molar-refractivity contribution in [2.45, 2.75) is 6.92 Å². The molecule has 0 radical (unpaired) electrons. The highest BCUT2D eigenvalue weighted by Gasteiger charge is 2.10. The molecule has 4 nitrogen and oxygen atoms in total. The number of rotatable bonds is 3. The first-order chi connectivity index (χ1) is 9.72. The lowest BCUT2D eigenvalue weighted by Gasteiger charge is -2.06. The maximum Gasteiger partial charge on any atom is 0.230 e. The molecule has 0 bridgehead atoms. The van der Waals surface area contributed by atoms with Gasteiger partial charge in [0.2, 0.25) is 11.9 Å². The third kappa shape index (κ3) is 2.76. The van der Waals surface area contributed by atoms with Crippen molar-refractivity contribution in [2.24, 2.45) is 0 Å². The van der Waals surface area contributed by atoms with Gasteiger partial charge in [-0.1, -0.05) is 12.1 Å². The van der Waals surface area contributed by atoms with Gasteiger partial charge in [0.25, 0.3) is 0 Å². The predicted molar refractivity (Wildman–Crippen MR) is 83.0 cm³/mol. The average Bonchev–Trinajstić information content (AvgIpc) is 3.11. The van der Waals surface area contributed by atoms with E-state index < -0.39 is 0 Å². The number of hydrogen-bond acceptors (Lipinski definition) is 5. The highest BCUT2D eigenvalue weighted by Crippen LogP contribution is 2.29. The van der Waals surface area contributed by atoms with Gasteiger partial charge in [-0.05, 0) is 29.0 Å². The minimum Gasteiger partial charge on any atom is -0.295 e. The van der Waals surface area contributed by atoms with Crippen molar-refractivity contribution < 1.29 is 4.79 Å². The quantitative estimate of drug-likeness (QED) is 0.798. The molecule has 3 heterocycles. The van der Waals surface area contributed by atoms with E-state index in [0.717, 1.165) is 21.1 Å². The van der Waals surface area contributed by atoms with Crippen LogP contribution >= 0.6 is 22.7 Å². The molecule has 3 aromatic heterocycles. The van der Waals surface area contributed by atoms with Crippen LogP contribution in [0.15, 0.2) is 41.1 Å². The molecule has 0 spiro atoms. The Bertz CT molecular complexity index is 668. The number of aromatic nitrogens is 2. The molecule has 20 heavy (non-hydrogen) atoms. The molecule has 100 valence electrons. The van der Waals surface area contributed by atoms with Crippen molar-refractivity contribution >= 4 is 34.5 Å². The van der Waals surface area contributed by atoms with Crippen molar-refractivity contribution in [2.75, 3.05) is 5.32 Å². The summed E-state index contributed by atoms with van der Waals surface area (Å²) in [6.45, 7) is 1.45. The monoisotopic (exact) mass is 301 g/mol. The van der Waals surface area contributed by atoms with Crippen molar-refractivity contribution in [1.82, 2.24) is 9.97 Å². The fourth-order valence-corrected chi connectivity index (χ4v) is 3.13. The fourth-order valence-electron chi connectivity index (χ4n) is 1.76. The van der Waals surface area contributed by atoms with Crippen molar-refractivity contribution in [3.8, 4) is 21.1 Å². The summed E-state index contributed by atoms with van der Waals surface area (Å²) in [4.78, 5) is 22.1. The van der Waals surface area contributed by atoms with Crippen LogP contribution in [0.5, 0.6) is 0 Å². The van der Waals surface area contributed by atoms with Crippen LogP contribution in [0.4, 0.5) is 5.95 Å². The Balaban J connectivity index is 2.10. The zero-order valence-electron chi connectivity index (χ0n) is 10.7. The second kappa shape index (κ2) is 5.52. The number of hydrogen-bond donors (Lipinski definition) is 1. The molecule has 0 aromatic carbocycles. The number of nitrogens with zero attached hydrogens (tertiary/aromatic N) is 2. The van der Waals surface area contributed by atoms with Crippen LogP contribution in [0.25, 0.3) is 21.1 Å². The zero-order valence-corrected chi connectivity index (χ0v) is 12.3. The summed E-state index contributed by atoms with van der Waals surface area (Å²) in [5.41, 5.74) is 1.64. The molecular weight excluding hydrogens is 290 g/mol. The van der Waals surface area contributed by atoms with Crippen LogP contribution in [0.2, 0.25) is 0 Å².